The minimum Gasteiger partial charge on any atom is -0.393 e. The van der Waals surface area contributed by atoms with Crippen LogP contribution in [0.2, 0.25) is 0 Å². The van der Waals surface area contributed by atoms with Gasteiger partial charge in [-0.1, -0.05) is 20.3 Å². The van der Waals surface area contributed by atoms with Crippen molar-refractivity contribution in [3.8, 4) is 0 Å². The van der Waals surface area contributed by atoms with Crippen molar-refractivity contribution in [2.75, 3.05) is 24.5 Å². The predicted molar refractivity (Wildman–Crippen MR) is 96.3 cm³/mol. The number of amides is 1. The fraction of sp³-hybridized carbons (Fsp3) is 0.632. The minimum atomic E-state index is -0.904. The van der Waals surface area contributed by atoms with E-state index in [4.69, 9.17) is 0 Å². The quantitative estimate of drug-likeness (QED) is 0.745. The summed E-state index contributed by atoms with van der Waals surface area (Å²) < 4.78 is 0. The normalized spacial score (nSPS) is 19.6. The van der Waals surface area contributed by atoms with Crippen molar-refractivity contribution in [3.63, 3.8) is 0 Å². The maximum Gasteiger partial charge on any atom is 0.251 e. The maximum absolute atomic E-state index is 12.3. The molecule has 3 N–H and O–H groups in total. The number of aliphatic hydroxyl groups excluding tert-OH is 1. The van der Waals surface area contributed by atoms with Crippen LogP contribution in [0.1, 0.15) is 50.4 Å². The fourth-order valence-corrected chi connectivity index (χ4v) is 2.92. The van der Waals surface area contributed by atoms with Crippen molar-refractivity contribution in [1.82, 2.24) is 5.32 Å². The van der Waals surface area contributed by atoms with Gasteiger partial charge in [0.2, 0.25) is 0 Å². The maximum atomic E-state index is 12.3. The number of carbonyl (C=O) groups excluding carboxylic acids is 1. The third kappa shape index (κ3) is 4.71. The lowest BCUT2D eigenvalue weighted by Crippen LogP contribution is -2.45. The zero-order valence-corrected chi connectivity index (χ0v) is 15.0. The summed E-state index contributed by atoms with van der Waals surface area (Å²) >= 11 is 0. The van der Waals surface area contributed by atoms with Crippen molar-refractivity contribution in [2.24, 2.45) is 5.92 Å². The van der Waals surface area contributed by atoms with Crippen LogP contribution < -0.4 is 10.2 Å². The Morgan fingerprint density at radius 3 is 2.46 bits per heavy atom. The van der Waals surface area contributed by atoms with E-state index in [0.717, 1.165) is 38.0 Å². The molecule has 2 unspecified atom stereocenters. The molecule has 1 aliphatic heterocycles. The first-order chi connectivity index (χ1) is 11.3. The summed E-state index contributed by atoms with van der Waals surface area (Å²) in [7, 11) is 0. The van der Waals surface area contributed by atoms with Gasteiger partial charge in [0.1, 0.15) is 0 Å². The summed E-state index contributed by atoms with van der Waals surface area (Å²) in [6, 6.07) is 7.51. The van der Waals surface area contributed by atoms with Crippen LogP contribution in [0, 0.1) is 5.92 Å². The number of hydrogen-bond acceptors (Lipinski definition) is 4. The van der Waals surface area contributed by atoms with Gasteiger partial charge in [0, 0.05) is 30.9 Å². The van der Waals surface area contributed by atoms with E-state index in [-0.39, 0.29) is 24.5 Å². The molecule has 5 heteroatoms. The lowest BCUT2D eigenvalue weighted by Gasteiger charge is -2.31. The number of nitrogens with one attached hydrogen (secondary N) is 1. The van der Waals surface area contributed by atoms with Gasteiger partial charge in [0.15, 0.2) is 0 Å². The molecule has 0 radical (unpaired) electrons. The Morgan fingerprint density at radius 2 is 1.92 bits per heavy atom. The molecule has 2 rings (SSSR count). The van der Waals surface area contributed by atoms with Gasteiger partial charge in [-0.05, 0) is 49.9 Å². The smallest absolute Gasteiger partial charge is 0.251 e. The first kappa shape index (κ1) is 18.7. The first-order valence-corrected chi connectivity index (χ1v) is 8.87. The highest BCUT2D eigenvalue weighted by atomic mass is 16.3. The number of nitrogens with zero attached hydrogens (tertiary/aromatic N) is 1. The number of benzene rings is 1. The summed E-state index contributed by atoms with van der Waals surface area (Å²) in [6.45, 7) is 7.69. The molecule has 1 heterocycles. The SMILES string of the molecule is CCC(C)C(C)(O)CNC(=O)c1ccc(N2CCC(O)CC2)cc1. The topological polar surface area (TPSA) is 72.8 Å². The summed E-state index contributed by atoms with van der Waals surface area (Å²) in [4.78, 5) is 14.5. The molecule has 0 spiro atoms. The molecule has 1 amide bonds. The van der Waals surface area contributed by atoms with Crippen LogP contribution >= 0.6 is 0 Å². The molecular weight excluding hydrogens is 304 g/mol. The van der Waals surface area contributed by atoms with Crippen molar-refractivity contribution in [3.05, 3.63) is 29.8 Å². The van der Waals surface area contributed by atoms with E-state index in [1.54, 1.807) is 6.92 Å². The zero-order valence-electron chi connectivity index (χ0n) is 15.0. The molecule has 1 saturated heterocycles. The Kier molecular flexibility index (Phi) is 6.24. The monoisotopic (exact) mass is 334 g/mol. The second-order valence-corrected chi connectivity index (χ2v) is 7.11. The number of rotatable bonds is 6. The minimum absolute atomic E-state index is 0.120. The molecule has 134 valence electrons. The molecule has 0 bridgehead atoms. The highest BCUT2D eigenvalue weighted by Crippen LogP contribution is 2.21. The van der Waals surface area contributed by atoms with Gasteiger partial charge in [0.25, 0.3) is 5.91 Å². The second kappa shape index (κ2) is 7.99. The third-order valence-electron chi connectivity index (χ3n) is 5.24. The van der Waals surface area contributed by atoms with Gasteiger partial charge in [-0.15, -0.1) is 0 Å². The van der Waals surface area contributed by atoms with E-state index < -0.39 is 5.60 Å². The molecule has 1 aliphatic rings. The molecule has 1 aromatic carbocycles. The molecule has 5 nitrogen and oxygen atoms in total. The van der Waals surface area contributed by atoms with Crippen LogP contribution in [0.5, 0.6) is 0 Å². The number of hydrogen-bond donors (Lipinski definition) is 3. The van der Waals surface area contributed by atoms with Crippen molar-refractivity contribution >= 4 is 11.6 Å². The Balaban J connectivity index is 1.91. The molecule has 24 heavy (non-hydrogen) atoms. The fourth-order valence-electron chi connectivity index (χ4n) is 2.92. The number of carbonyl (C=O) groups is 1. The van der Waals surface area contributed by atoms with Gasteiger partial charge in [-0.2, -0.15) is 0 Å². The largest absolute Gasteiger partial charge is 0.393 e. The summed E-state index contributed by atoms with van der Waals surface area (Å²) in [5, 5.41) is 22.8. The molecule has 0 aromatic heterocycles. The van der Waals surface area contributed by atoms with E-state index >= 15 is 0 Å². The lowest BCUT2D eigenvalue weighted by molar-refractivity contribution is 0.00592. The van der Waals surface area contributed by atoms with Crippen LogP contribution in [0.25, 0.3) is 0 Å². The summed E-state index contributed by atoms with van der Waals surface area (Å²) in [6.07, 6.45) is 2.24. The van der Waals surface area contributed by atoms with E-state index in [1.807, 2.05) is 38.1 Å². The van der Waals surface area contributed by atoms with Crippen LogP contribution in [0.15, 0.2) is 24.3 Å². The predicted octanol–water partition coefficient (Wildman–Crippen LogP) is 2.17. The molecule has 0 saturated carbocycles. The highest BCUT2D eigenvalue weighted by molar-refractivity contribution is 5.94. The summed E-state index contributed by atoms with van der Waals surface area (Å²) in [5.41, 5.74) is 0.764. The van der Waals surface area contributed by atoms with Crippen molar-refractivity contribution in [2.45, 2.75) is 51.7 Å². The van der Waals surface area contributed by atoms with Crippen molar-refractivity contribution < 1.29 is 15.0 Å². The number of aliphatic hydroxyl groups is 2. The molecule has 2 atom stereocenters. The van der Waals surface area contributed by atoms with E-state index in [1.165, 1.54) is 0 Å². The second-order valence-electron chi connectivity index (χ2n) is 7.11. The number of anilines is 1. The van der Waals surface area contributed by atoms with Crippen LogP contribution in [-0.4, -0.2) is 47.5 Å². The molecule has 1 fully saturated rings. The highest BCUT2D eigenvalue weighted by Gasteiger charge is 2.27. The average Bonchev–Trinajstić information content (AvgIpc) is 2.59. The van der Waals surface area contributed by atoms with E-state index in [2.05, 4.69) is 10.2 Å². The average molecular weight is 334 g/mol. The van der Waals surface area contributed by atoms with Crippen LogP contribution in [0.3, 0.4) is 0 Å². The number of piperidine rings is 1. The van der Waals surface area contributed by atoms with Crippen LogP contribution in [-0.2, 0) is 0 Å². The van der Waals surface area contributed by atoms with Gasteiger partial charge >= 0.3 is 0 Å². The van der Waals surface area contributed by atoms with Gasteiger partial charge < -0.3 is 20.4 Å². The summed E-state index contributed by atoms with van der Waals surface area (Å²) in [5.74, 6) is -0.0474. The Morgan fingerprint density at radius 1 is 1.33 bits per heavy atom. The third-order valence-corrected chi connectivity index (χ3v) is 5.24. The Hall–Kier alpha value is -1.59. The van der Waals surface area contributed by atoms with Crippen molar-refractivity contribution in [1.29, 1.82) is 0 Å². The molecule has 1 aromatic rings. The zero-order chi connectivity index (χ0) is 17.7. The molecular formula is C19H30N2O3. The van der Waals surface area contributed by atoms with Gasteiger partial charge in [-0.3, -0.25) is 4.79 Å². The lowest BCUT2D eigenvalue weighted by atomic mass is 9.88. The van der Waals surface area contributed by atoms with E-state index in [0.29, 0.717) is 5.56 Å². The molecule has 0 aliphatic carbocycles. The Labute approximate surface area is 144 Å². The van der Waals surface area contributed by atoms with Gasteiger partial charge in [-0.25, -0.2) is 0 Å². The van der Waals surface area contributed by atoms with Gasteiger partial charge in [0.05, 0.1) is 11.7 Å². The van der Waals surface area contributed by atoms with E-state index in [9.17, 15) is 15.0 Å². The first-order valence-electron chi connectivity index (χ1n) is 8.87. The van der Waals surface area contributed by atoms with Crippen LogP contribution in [0.4, 0.5) is 5.69 Å². The Bertz CT molecular complexity index is 534. The standard InChI is InChI=1S/C19H30N2O3/c1-4-14(2)19(3,24)13-20-18(23)15-5-7-16(8-6-15)21-11-9-17(22)10-12-21/h5-8,14,17,22,24H,4,9-13H2,1-3H3,(H,20,23).